The Kier molecular flexibility index (Phi) is 5.32. The van der Waals surface area contributed by atoms with E-state index in [9.17, 15) is 0 Å². The third kappa shape index (κ3) is 5.37. The number of rotatable bonds is 4. The number of aliphatic hydroxyl groups excluding tert-OH is 2. The molecule has 0 saturated heterocycles. The molecule has 0 fully saturated rings. The van der Waals surface area contributed by atoms with Gasteiger partial charge in [0.25, 0.3) is 0 Å². The number of hydrogen-bond acceptors (Lipinski definition) is 2. The molecule has 0 aliphatic heterocycles. The predicted molar refractivity (Wildman–Crippen MR) is 37.3 cm³/mol. The normalized spacial score (nSPS) is 12.0. The zero-order chi connectivity index (χ0) is 7.11. The van der Waals surface area contributed by atoms with Crippen molar-refractivity contribution in [1.29, 1.82) is 0 Å². The van der Waals surface area contributed by atoms with Crippen molar-refractivity contribution in [2.75, 3.05) is 6.61 Å². The van der Waals surface area contributed by atoms with Crippen molar-refractivity contribution in [2.45, 2.75) is 26.2 Å². The van der Waals surface area contributed by atoms with Gasteiger partial charge >= 0.3 is 0 Å². The van der Waals surface area contributed by atoms with Gasteiger partial charge in [-0.3, -0.25) is 0 Å². The zero-order valence-corrected chi connectivity index (χ0v) is 5.80. The fraction of sp³-hybridized carbons (Fsp3) is 0.714. The van der Waals surface area contributed by atoms with E-state index in [1.54, 1.807) is 6.08 Å². The maximum absolute atomic E-state index is 8.70. The average molecular weight is 130 g/mol. The molecule has 0 aromatic carbocycles. The van der Waals surface area contributed by atoms with Gasteiger partial charge in [-0.05, 0) is 18.9 Å². The predicted octanol–water partition coefficient (Wildman–Crippen LogP) is 1.61. The highest BCUT2D eigenvalue weighted by atomic mass is 16.3. The Balaban J connectivity index is 3.21. The van der Waals surface area contributed by atoms with Crippen LogP contribution in [0.5, 0.6) is 0 Å². The molecule has 0 heterocycles. The Bertz CT molecular complexity index is 86.9. The van der Waals surface area contributed by atoms with Crippen molar-refractivity contribution in [3.8, 4) is 0 Å². The highest BCUT2D eigenvalue weighted by Crippen LogP contribution is 1.97. The van der Waals surface area contributed by atoms with Gasteiger partial charge in [0.05, 0.1) is 6.61 Å². The molecule has 0 aromatic rings. The third-order valence-electron chi connectivity index (χ3n) is 1.10. The molecule has 0 saturated carbocycles. The van der Waals surface area contributed by atoms with Crippen LogP contribution in [0, 0.1) is 0 Å². The Hall–Kier alpha value is -0.500. The minimum atomic E-state index is -0.232. The molecular weight excluding hydrogens is 116 g/mol. The Morgan fingerprint density at radius 3 is 2.67 bits per heavy atom. The van der Waals surface area contributed by atoms with E-state index in [-0.39, 0.29) is 12.4 Å². The highest BCUT2D eigenvalue weighted by Gasteiger charge is 1.85. The molecule has 0 spiro atoms. The van der Waals surface area contributed by atoms with Gasteiger partial charge in [-0.2, -0.15) is 0 Å². The SMILES string of the molecule is CCCCC=C(O)CO. The Morgan fingerprint density at radius 1 is 1.56 bits per heavy atom. The molecule has 0 atom stereocenters. The summed E-state index contributed by atoms with van der Waals surface area (Å²) in [6.07, 6.45) is 4.71. The largest absolute Gasteiger partial charge is 0.510 e. The van der Waals surface area contributed by atoms with Gasteiger partial charge in [0.1, 0.15) is 5.76 Å². The maximum Gasteiger partial charge on any atom is 0.114 e. The number of unbranched alkanes of at least 4 members (excludes halogenated alkanes) is 2. The van der Waals surface area contributed by atoms with E-state index in [0.29, 0.717) is 0 Å². The molecule has 2 nitrogen and oxygen atoms in total. The molecule has 0 aliphatic carbocycles. The van der Waals surface area contributed by atoms with Crippen LogP contribution in [0.25, 0.3) is 0 Å². The first-order valence-corrected chi connectivity index (χ1v) is 3.30. The van der Waals surface area contributed by atoms with Crippen LogP contribution in [0.2, 0.25) is 0 Å². The van der Waals surface area contributed by atoms with Crippen molar-refractivity contribution in [2.24, 2.45) is 0 Å². The summed E-state index contributed by atoms with van der Waals surface area (Å²) in [6.45, 7) is 1.85. The second-order valence-electron chi connectivity index (χ2n) is 2.00. The van der Waals surface area contributed by atoms with Crippen LogP contribution in [-0.4, -0.2) is 16.8 Å². The molecule has 9 heavy (non-hydrogen) atoms. The molecule has 0 amide bonds. The smallest absolute Gasteiger partial charge is 0.114 e. The van der Waals surface area contributed by atoms with Gasteiger partial charge in [-0.15, -0.1) is 0 Å². The maximum atomic E-state index is 8.70. The van der Waals surface area contributed by atoms with Crippen LogP contribution in [0.3, 0.4) is 0 Å². The van der Waals surface area contributed by atoms with Crippen molar-refractivity contribution >= 4 is 0 Å². The van der Waals surface area contributed by atoms with Crippen LogP contribution < -0.4 is 0 Å². The summed E-state index contributed by atoms with van der Waals surface area (Å²) in [6, 6.07) is 0. The summed E-state index contributed by atoms with van der Waals surface area (Å²) in [7, 11) is 0. The van der Waals surface area contributed by atoms with E-state index in [1.807, 2.05) is 0 Å². The summed E-state index contributed by atoms with van der Waals surface area (Å²) in [5.41, 5.74) is 0. The van der Waals surface area contributed by atoms with E-state index in [4.69, 9.17) is 10.2 Å². The van der Waals surface area contributed by atoms with Gasteiger partial charge in [0, 0.05) is 0 Å². The molecule has 0 bridgehead atoms. The lowest BCUT2D eigenvalue weighted by molar-refractivity contribution is 0.252. The van der Waals surface area contributed by atoms with E-state index < -0.39 is 0 Å². The Labute approximate surface area is 55.8 Å². The highest BCUT2D eigenvalue weighted by molar-refractivity contribution is 4.89. The van der Waals surface area contributed by atoms with Gasteiger partial charge < -0.3 is 10.2 Å². The van der Waals surface area contributed by atoms with Crippen molar-refractivity contribution in [3.05, 3.63) is 11.8 Å². The first kappa shape index (κ1) is 8.50. The topological polar surface area (TPSA) is 40.5 Å². The number of hydrogen-bond donors (Lipinski definition) is 2. The standard InChI is InChI=1S/C7H14O2/c1-2-3-4-5-7(9)6-8/h5,8-9H,2-4,6H2,1H3. The summed E-state index contributed by atoms with van der Waals surface area (Å²) in [4.78, 5) is 0. The van der Waals surface area contributed by atoms with E-state index in [0.717, 1.165) is 19.3 Å². The van der Waals surface area contributed by atoms with Gasteiger partial charge in [-0.1, -0.05) is 13.3 Å². The molecule has 2 heteroatoms. The first-order chi connectivity index (χ1) is 4.31. The monoisotopic (exact) mass is 130 g/mol. The fourth-order valence-corrected chi connectivity index (χ4v) is 0.537. The van der Waals surface area contributed by atoms with E-state index in [1.165, 1.54) is 0 Å². The van der Waals surface area contributed by atoms with Gasteiger partial charge in [0.15, 0.2) is 0 Å². The van der Waals surface area contributed by atoms with E-state index >= 15 is 0 Å². The van der Waals surface area contributed by atoms with Gasteiger partial charge in [0.2, 0.25) is 0 Å². The van der Waals surface area contributed by atoms with Crippen LogP contribution in [-0.2, 0) is 0 Å². The number of allylic oxidation sites excluding steroid dienone is 1. The summed E-state index contributed by atoms with van der Waals surface area (Å²) < 4.78 is 0. The Morgan fingerprint density at radius 2 is 2.22 bits per heavy atom. The molecule has 0 aromatic heterocycles. The lowest BCUT2D eigenvalue weighted by Crippen LogP contribution is -1.86. The van der Waals surface area contributed by atoms with Crippen LogP contribution in [0.15, 0.2) is 11.8 Å². The zero-order valence-electron chi connectivity index (χ0n) is 5.80. The summed E-state index contributed by atoms with van der Waals surface area (Å²) >= 11 is 0. The van der Waals surface area contributed by atoms with Crippen LogP contribution in [0.4, 0.5) is 0 Å². The average Bonchev–Trinajstić information content (AvgIpc) is 1.89. The number of aliphatic hydroxyl groups is 2. The van der Waals surface area contributed by atoms with Crippen LogP contribution in [0.1, 0.15) is 26.2 Å². The molecule has 54 valence electrons. The molecule has 0 rings (SSSR count). The van der Waals surface area contributed by atoms with Crippen molar-refractivity contribution in [3.63, 3.8) is 0 Å². The minimum Gasteiger partial charge on any atom is -0.510 e. The second kappa shape index (κ2) is 5.63. The fourth-order valence-electron chi connectivity index (χ4n) is 0.537. The van der Waals surface area contributed by atoms with Crippen molar-refractivity contribution < 1.29 is 10.2 Å². The lowest BCUT2D eigenvalue weighted by atomic mass is 10.2. The molecule has 0 unspecified atom stereocenters. The molecule has 0 radical (unpaired) electrons. The van der Waals surface area contributed by atoms with Crippen molar-refractivity contribution in [1.82, 2.24) is 0 Å². The second-order valence-corrected chi connectivity index (χ2v) is 2.00. The summed E-state index contributed by atoms with van der Waals surface area (Å²) in [5, 5.41) is 17.0. The van der Waals surface area contributed by atoms with E-state index in [2.05, 4.69) is 6.92 Å². The first-order valence-electron chi connectivity index (χ1n) is 3.30. The van der Waals surface area contributed by atoms with Crippen LogP contribution >= 0.6 is 0 Å². The molecule has 0 aliphatic rings. The molecular formula is C7H14O2. The molecule has 2 N–H and O–H groups in total. The minimum absolute atomic E-state index is 0.0865. The lowest BCUT2D eigenvalue weighted by Gasteiger charge is -1.92. The quantitative estimate of drug-likeness (QED) is 0.448. The summed E-state index contributed by atoms with van der Waals surface area (Å²) in [5.74, 6) is 0.0865. The van der Waals surface area contributed by atoms with Gasteiger partial charge in [-0.25, -0.2) is 0 Å². The third-order valence-corrected chi connectivity index (χ3v) is 1.10.